The minimum atomic E-state index is -1.09. The summed E-state index contributed by atoms with van der Waals surface area (Å²) in [6, 6.07) is 9.80. The number of benzene rings is 1. The second kappa shape index (κ2) is 5.67. The summed E-state index contributed by atoms with van der Waals surface area (Å²) in [6.45, 7) is 0. The van der Waals surface area contributed by atoms with Crippen LogP contribution in [0.5, 0.6) is 0 Å². The number of carboxylic acids is 1. The summed E-state index contributed by atoms with van der Waals surface area (Å²) in [5.74, 6) is -1.48. The van der Waals surface area contributed by atoms with E-state index in [1.54, 1.807) is 30.3 Å². The molecule has 0 bridgehead atoms. The molecule has 1 amide bonds. The van der Waals surface area contributed by atoms with Crippen molar-refractivity contribution in [1.29, 1.82) is 5.26 Å². The fourth-order valence-corrected chi connectivity index (χ4v) is 1.56. The summed E-state index contributed by atoms with van der Waals surface area (Å²) in [7, 11) is 0. The number of nitrogens with one attached hydrogen (secondary N) is 1. The molecule has 0 atom stereocenters. The maximum absolute atomic E-state index is 11.2. The molecule has 0 saturated heterocycles. The van der Waals surface area contributed by atoms with Gasteiger partial charge in [0, 0.05) is 11.9 Å². The van der Waals surface area contributed by atoms with Gasteiger partial charge in [-0.25, -0.2) is 9.48 Å². The van der Waals surface area contributed by atoms with Crippen molar-refractivity contribution in [3.63, 3.8) is 0 Å². The molecule has 2 aromatic rings. The molecule has 0 saturated carbocycles. The van der Waals surface area contributed by atoms with Gasteiger partial charge in [0.25, 0.3) is 0 Å². The lowest BCUT2D eigenvalue weighted by Crippen LogP contribution is -2.10. The Kier molecular flexibility index (Phi) is 3.77. The first kappa shape index (κ1) is 13.3. The van der Waals surface area contributed by atoms with Crippen LogP contribution in [0.2, 0.25) is 0 Å². The molecule has 7 heteroatoms. The second-order valence-corrected chi connectivity index (χ2v) is 3.88. The smallest absolute Gasteiger partial charge is 0.356 e. The molecule has 1 aromatic heterocycles. The van der Waals surface area contributed by atoms with Gasteiger partial charge >= 0.3 is 5.97 Å². The van der Waals surface area contributed by atoms with Crippen molar-refractivity contribution in [2.45, 2.75) is 6.42 Å². The largest absolute Gasteiger partial charge is 0.476 e. The van der Waals surface area contributed by atoms with Crippen LogP contribution in [0.1, 0.15) is 16.9 Å². The van der Waals surface area contributed by atoms with E-state index in [1.807, 2.05) is 0 Å². The minimum Gasteiger partial charge on any atom is -0.476 e. The quantitative estimate of drug-likeness (QED) is 0.873. The molecule has 2 rings (SSSR count). The molecule has 0 aliphatic carbocycles. The van der Waals surface area contributed by atoms with Crippen LogP contribution in [0.25, 0.3) is 5.69 Å². The Balaban J connectivity index is 2.13. The van der Waals surface area contributed by atoms with Crippen LogP contribution in [0.3, 0.4) is 0 Å². The zero-order valence-electron chi connectivity index (χ0n) is 10.3. The number of aromatic nitrogens is 2. The van der Waals surface area contributed by atoms with Gasteiger partial charge in [-0.1, -0.05) is 0 Å². The van der Waals surface area contributed by atoms with Gasteiger partial charge in [0.2, 0.25) is 5.91 Å². The highest BCUT2D eigenvalue weighted by atomic mass is 16.4. The molecule has 20 heavy (non-hydrogen) atoms. The first-order chi connectivity index (χ1) is 9.60. The molecular weight excluding hydrogens is 260 g/mol. The van der Waals surface area contributed by atoms with E-state index in [0.717, 1.165) is 0 Å². The normalized spacial score (nSPS) is 9.75. The number of hydrogen-bond donors (Lipinski definition) is 2. The van der Waals surface area contributed by atoms with Gasteiger partial charge in [-0.2, -0.15) is 10.4 Å². The zero-order valence-corrected chi connectivity index (χ0v) is 10.3. The van der Waals surface area contributed by atoms with Gasteiger partial charge in [-0.05, 0) is 30.3 Å². The van der Waals surface area contributed by atoms with E-state index in [9.17, 15) is 9.59 Å². The highest BCUT2D eigenvalue weighted by Crippen LogP contribution is 2.13. The highest BCUT2D eigenvalue weighted by Gasteiger charge is 2.08. The van der Waals surface area contributed by atoms with Crippen LogP contribution in [0.4, 0.5) is 5.69 Å². The Morgan fingerprint density at radius 2 is 2.00 bits per heavy atom. The van der Waals surface area contributed by atoms with E-state index in [-0.39, 0.29) is 18.0 Å². The molecule has 0 aliphatic heterocycles. The van der Waals surface area contributed by atoms with E-state index in [4.69, 9.17) is 10.4 Å². The Bertz CT molecular complexity index is 682. The summed E-state index contributed by atoms with van der Waals surface area (Å²) >= 11 is 0. The first-order valence-electron chi connectivity index (χ1n) is 5.66. The summed E-state index contributed by atoms with van der Waals surface area (Å²) in [5, 5.41) is 23.6. The van der Waals surface area contributed by atoms with E-state index in [2.05, 4.69) is 10.4 Å². The third kappa shape index (κ3) is 3.00. The number of aromatic carboxylic acids is 1. The lowest BCUT2D eigenvalue weighted by atomic mass is 10.2. The SMILES string of the molecule is N#CCC(=O)Nc1ccc(-n2ccc(C(=O)O)n2)cc1. The highest BCUT2D eigenvalue weighted by molar-refractivity contribution is 5.92. The minimum absolute atomic E-state index is 0.0450. The third-order valence-corrected chi connectivity index (χ3v) is 2.46. The van der Waals surface area contributed by atoms with Crippen LogP contribution < -0.4 is 5.32 Å². The molecule has 1 heterocycles. The van der Waals surface area contributed by atoms with Crippen molar-refractivity contribution in [3.8, 4) is 11.8 Å². The zero-order chi connectivity index (χ0) is 14.5. The van der Waals surface area contributed by atoms with Gasteiger partial charge in [-0.15, -0.1) is 0 Å². The number of anilines is 1. The molecule has 0 aliphatic rings. The van der Waals surface area contributed by atoms with Crippen LogP contribution in [-0.2, 0) is 4.79 Å². The van der Waals surface area contributed by atoms with Crippen molar-refractivity contribution in [2.75, 3.05) is 5.32 Å². The number of amides is 1. The Morgan fingerprint density at radius 3 is 2.55 bits per heavy atom. The maximum atomic E-state index is 11.2. The lowest BCUT2D eigenvalue weighted by molar-refractivity contribution is -0.115. The summed E-state index contributed by atoms with van der Waals surface area (Å²) in [4.78, 5) is 22.0. The van der Waals surface area contributed by atoms with Gasteiger partial charge in [-0.3, -0.25) is 4.79 Å². The number of nitriles is 1. The third-order valence-electron chi connectivity index (χ3n) is 2.46. The number of carbonyl (C=O) groups excluding carboxylic acids is 1. The average Bonchev–Trinajstić information content (AvgIpc) is 2.89. The van der Waals surface area contributed by atoms with E-state index in [0.29, 0.717) is 11.4 Å². The second-order valence-electron chi connectivity index (χ2n) is 3.88. The predicted octanol–water partition coefficient (Wildman–Crippen LogP) is 1.42. The van der Waals surface area contributed by atoms with Gasteiger partial charge in [0.05, 0.1) is 11.8 Å². The van der Waals surface area contributed by atoms with Crippen LogP contribution in [-0.4, -0.2) is 26.8 Å². The molecule has 0 spiro atoms. The van der Waals surface area contributed by atoms with Gasteiger partial charge in [0.1, 0.15) is 6.42 Å². The van der Waals surface area contributed by atoms with Crippen LogP contribution in [0.15, 0.2) is 36.5 Å². The number of nitrogens with zero attached hydrogens (tertiary/aromatic N) is 3. The molecule has 2 N–H and O–H groups in total. The summed E-state index contributed by atoms with van der Waals surface area (Å²) in [6.07, 6.45) is 1.33. The molecule has 100 valence electrons. The van der Waals surface area contributed by atoms with Crippen LogP contribution >= 0.6 is 0 Å². The maximum Gasteiger partial charge on any atom is 0.356 e. The number of carbonyl (C=O) groups is 2. The predicted molar refractivity (Wildman–Crippen MR) is 69.4 cm³/mol. The van der Waals surface area contributed by atoms with Crippen molar-refractivity contribution >= 4 is 17.6 Å². The van der Waals surface area contributed by atoms with Crippen molar-refractivity contribution in [3.05, 3.63) is 42.2 Å². The Morgan fingerprint density at radius 1 is 1.30 bits per heavy atom. The van der Waals surface area contributed by atoms with E-state index in [1.165, 1.54) is 16.9 Å². The standard InChI is InChI=1S/C13H10N4O3/c14-7-5-12(18)15-9-1-3-10(4-2-9)17-8-6-11(16-17)13(19)20/h1-4,6,8H,5H2,(H,15,18)(H,19,20). The fourth-order valence-electron chi connectivity index (χ4n) is 1.56. The fraction of sp³-hybridized carbons (Fsp3) is 0.0769. The van der Waals surface area contributed by atoms with Gasteiger partial charge < -0.3 is 10.4 Å². The van der Waals surface area contributed by atoms with Crippen molar-refractivity contribution in [1.82, 2.24) is 9.78 Å². The monoisotopic (exact) mass is 270 g/mol. The summed E-state index contributed by atoms with van der Waals surface area (Å²) < 4.78 is 1.42. The van der Waals surface area contributed by atoms with Crippen molar-refractivity contribution < 1.29 is 14.7 Å². The molecular formula is C13H10N4O3. The lowest BCUT2D eigenvalue weighted by Gasteiger charge is -2.05. The van der Waals surface area contributed by atoms with Crippen molar-refractivity contribution in [2.24, 2.45) is 0 Å². The molecule has 1 aromatic carbocycles. The number of rotatable bonds is 4. The molecule has 0 fully saturated rings. The Labute approximate surface area is 114 Å². The molecule has 7 nitrogen and oxygen atoms in total. The van der Waals surface area contributed by atoms with Gasteiger partial charge in [0.15, 0.2) is 5.69 Å². The van der Waals surface area contributed by atoms with Crippen LogP contribution in [0, 0.1) is 11.3 Å². The topological polar surface area (TPSA) is 108 Å². The Hall–Kier alpha value is -3.14. The summed E-state index contributed by atoms with van der Waals surface area (Å²) in [5.41, 5.74) is 1.17. The first-order valence-corrected chi connectivity index (χ1v) is 5.66. The molecule has 0 radical (unpaired) electrons. The van der Waals surface area contributed by atoms with E-state index >= 15 is 0 Å². The number of carboxylic acid groups (broad SMARTS) is 1. The van der Waals surface area contributed by atoms with E-state index < -0.39 is 5.97 Å². The average molecular weight is 270 g/mol. The molecule has 0 unspecified atom stereocenters. The number of hydrogen-bond acceptors (Lipinski definition) is 4.